The minimum atomic E-state index is 0.762. The van der Waals surface area contributed by atoms with Crippen molar-refractivity contribution in [3.63, 3.8) is 0 Å². The monoisotopic (exact) mass is 345 g/mol. The van der Waals surface area contributed by atoms with E-state index < -0.39 is 0 Å². The molecule has 0 unspecified atom stereocenters. The fourth-order valence-corrected chi connectivity index (χ4v) is 3.01. The number of aryl methyl sites for hydroxylation is 1. The van der Waals surface area contributed by atoms with Gasteiger partial charge in [-0.05, 0) is 32.1 Å². The minimum absolute atomic E-state index is 0.762. The highest BCUT2D eigenvalue weighted by Crippen LogP contribution is 2.08. The summed E-state index contributed by atoms with van der Waals surface area (Å²) in [7, 11) is 5.96. The molecule has 2 rings (SSSR count). The molecule has 0 bridgehead atoms. The van der Waals surface area contributed by atoms with Gasteiger partial charge in [-0.3, -0.25) is 4.99 Å². The number of aliphatic imine (C=N–C) groups is 1. The highest BCUT2D eigenvalue weighted by atomic mass is 32.1. The molecule has 2 N–H and O–H groups in total. The van der Waals surface area contributed by atoms with E-state index in [-0.39, 0.29) is 0 Å². The third kappa shape index (κ3) is 6.29. The molecule has 0 fully saturated rings. The Balaban J connectivity index is 1.74. The van der Waals surface area contributed by atoms with Gasteiger partial charge >= 0.3 is 0 Å². The predicted molar refractivity (Wildman–Crippen MR) is 103 cm³/mol. The molecule has 1 aromatic carbocycles. The number of nitrogens with one attached hydrogen (secondary N) is 2. The third-order valence-electron chi connectivity index (χ3n) is 3.55. The van der Waals surface area contributed by atoms with Crippen LogP contribution in [0.3, 0.4) is 0 Å². The van der Waals surface area contributed by atoms with Crippen LogP contribution in [-0.2, 0) is 19.5 Å². The van der Waals surface area contributed by atoms with Crippen LogP contribution in [0.2, 0.25) is 0 Å². The van der Waals surface area contributed by atoms with Gasteiger partial charge in [0, 0.05) is 38.5 Å². The van der Waals surface area contributed by atoms with Crippen molar-refractivity contribution < 1.29 is 0 Å². The molecule has 0 spiro atoms. The summed E-state index contributed by atoms with van der Waals surface area (Å²) in [6.45, 7) is 4.58. The maximum Gasteiger partial charge on any atom is 0.191 e. The second-order valence-electron chi connectivity index (χ2n) is 6.01. The van der Waals surface area contributed by atoms with E-state index in [0.717, 1.165) is 42.7 Å². The SMILES string of the molecule is CN=C(NCCc1csc(C)n1)NCc1ccc(CN(C)C)cc1. The maximum atomic E-state index is 4.47. The van der Waals surface area contributed by atoms with E-state index in [1.54, 1.807) is 18.4 Å². The van der Waals surface area contributed by atoms with Crippen LogP contribution in [0.5, 0.6) is 0 Å². The highest BCUT2D eigenvalue weighted by molar-refractivity contribution is 7.09. The number of rotatable bonds is 7. The van der Waals surface area contributed by atoms with Crippen LogP contribution >= 0.6 is 11.3 Å². The van der Waals surface area contributed by atoms with E-state index >= 15 is 0 Å². The number of thiazole rings is 1. The van der Waals surface area contributed by atoms with Crippen LogP contribution in [0.4, 0.5) is 0 Å². The van der Waals surface area contributed by atoms with Gasteiger partial charge < -0.3 is 15.5 Å². The van der Waals surface area contributed by atoms with Gasteiger partial charge in [-0.1, -0.05) is 24.3 Å². The first-order valence-electron chi connectivity index (χ1n) is 8.15. The largest absolute Gasteiger partial charge is 0.356 e. The van der Waals surface area contributed by atoms with Gasteiger partial charge in [-0.2, -0.15) is 0 Å². The van der Waals surface area contributed by atoms with E-state index in [1.807, 2.05) is 6.92 Å². The Morgan fingerprint density at radius 3 is 2.46 bits per heavy atom. The molecular weight excluding hydrogens is 318 g/mol. The van der Waals surface area contributed by atoms with E-state index in [0.29, 0.717) is 0 Å². The number of nitrogens with zero attached hydrogens (tertiary/aromatic N) is 3. The van der Waals surface area contributed by atoms with Crippen molar-refractivity contribution in [3.05, 3.63) is 51.5 Å². The zero-order chi connectivity index (χ0) is 17.4. The van der Waals surface area contributed by atoms with E-state index in [2.05, 4.69) is 69.3 Å². The molecule has 24 heavy (non-hydrogen) atoms. The topological polar surface area (TPSA) is 52.6 Å². The smallest absolute Gasteiger partial charge is 0.191 e. The molecule has 0 aliphatic rings. The molecule has 1 heterocycles. The molecule has 5 nitrogen and oxygen atoms in total. The number of hydrogen-bond donors (Lipinski definition) is 2. The number of hydrogen-bond acceptors (Lipinski definition) is 4. The molecule has 0 aliphatic carbocycles. The molecule has 1 aromatic heterocycles. The molecule has 0 saturated heterocycles. The van der Waals surface area contributed by atoms with Crippen LogP contribution < -0.4 is 10.6 Å². The summed E-state index contributed by atoms with van der Waals surface area (Å²) in [4.78, 5) is 10.9. The third-order valence-corrected chi connectivity index (χ3v) is 4.37. The van der Waals surface area contributed by atoms with Crippen molar-refractivity contribution in [3.8, 4) is 0 Å². The van der Waals surface area contributed by atoms with Crippen LogP contribution in [0.15, 0.2) is 34.6 Å². The molecule has 0 amide bonds. The Labute approximate surface area is 148 Å². The van der Waals surface area contributed by atoms with Gasteiger partial charge in [-0.25, -0.2) is 4.98 Å². The first-order chi connectivity index (χ1) is 11.6. The van der Waals surface area contributed by atoms with E-state index in [4.69, 9.17) is 0 Å². The average molecular weight is 346 g/mol. The first-order valence-corrected chi connectivity index (χ1v) is 9.03. The maximum absolute atomic E-state index is 4.47. The lowest BCUT2D eigenvalue weighted by Gasteiger charge is -2.13. The molecule has 0 aliphatic heterocycles. The highest BCUT2D eigenvalue weighted by Gasteiger charge is 2.01. The summed E-state index contributed by atoms with van der Waals surface area (Å²) in [6.07, 6.45) is 0.907. The molecule has 0 saturated carbocycles. The summed E-state index contributed by atoms with van der Waals surface area (Å²) in [6, 6.07) is 8.68. The van der Waals surface area contributed by atoms with Crippen molar-refractivity contribution in [2.24, 2.45) is 4.99 Å². The molecule has 6 heteroatoms. The summed E-state index contributed by atoms with van der Waals surface area (Å²) >= 11 is 1.69. The van der Waals surface area contributed by atoms with Crippen LogP contribution in [0.25, 0.3) is 0 Å². The van der Waals surface area contributed by atoms with E-state index in [1.165, 1.54) is 11.1 Å². The van der Waals surface area contributed by atoms with Crippen LogP contribution in [0, 0.1) is 6.92 Å². The molecule has 130 valence electrons. The van der Waals surface area contributed by atoms with Crippen molar-refractivity contribution in [1.82, 2.24) is 20.5 Å². The molecule has 0 atom stereocenters. The lowest BCUT2D eigenvalue weighted by molar-refractivity contribution is 0.402. The average Bonchev–Trinajstić information content (AvgIpc) is 2.97. The van der Waals surface area contributed by atoms with Crippen LogP contribution in [0.1, 0.15) is 21.8 Å². The van der Waals surface area contributed by atoms with Gasteiger partial charge in [0.15, 0.2) is 5.96 Å². The standard InChI is InChI=1S/C18H27N5S/c1-14-22-17(13-24-14)9-10-20-18(19-2)21-11-15-5-7-16(8-6-15)12-23(3)4/h5-8,13H,9-12H2,1-4H3,(H2,19,20,21). The van der Waals surface area contributed by atoms with Gasteiger partial charge in [-0.15, -0.1) is 11.3 Å². The van der Waals surface area contributed by atoms with Gasteiger partial charge in [0.25, 0.3) is 0 Å². The van der Waals surface area contributed by atoms with Gasteiger partial charge in [0.05, 0.1) is 10.7 Å². The Hall–Kier alpha value is -1.92. The van der Waals surface area contributed by atoms with Crippen molar-refractivity contribution in [1.29, 1.82) is 0 Å². The van der Waals surface area contributed by atoms with Gasteiger partial charge in [0.1, 0.15) is 0 Å². The Kier molecular flexibility index (Phi) is 7.21. The summed E-state index contributed by atoms with van der Waals surface area (Å²) < 4.78 is 0. The first kappa shape index (κ1) is 18.4. The zero-order valence-corrected chi connectivity index (χ0v) is 15.8. The van der Waals surface area contributed by atoms with Crippen LogP contribution in [-0.4, -0.2) is 43.5 Å². The van der Waals surface area contributed by atoms with E-state index in [9.17, 15) is 0 Å². The summed E-state index contributed by atoms with van der Waals surface area (Å²) in [5.41, 5.74) is 3.71. The lowest BCUT2D eigenvalue weighted by Crippen LogP contribution is -2.37. The number of aromatic nitrogens is 1. The lowest BCUT2D eigenvalue weighted by atomic mass is 10.1. The van der Waals surface area contributed by atoms with Crippen molar-refractivity contribution in [2.45, 2.75) is 26.4 Å². The van der Waals surface area contributed by atoms with Crippen molar-refractivity contribution >= 4 is 17.3 Å². The Bertz CT molecular complexity index is 646. The van der Waals surface area contributed by atoms with Crippen molar-refractivity contribution in [2.75, 3.05) is 27.7 Å². The predicted octanol–water partition coefficient (Wildman–Crippen LogP) is 2.42. The molecular formula is C18H27N5S. The Morgan fingerprint density at radius 1 is 1.17 bits per heavy atom. The summed E-state index contributed by atoms with van der Waals surface area (Å²) in [5, 5.41) is 9.91. The zero-order valence-electron chi connectivity index (χ0n) is 15.0. The second-order valence-corrected chi connectivity index (χ2v) is 7.08. The number of guanidine groups is 1. The summed E-state index contributed by atoms with van der Waals surface area (Å²) in [5.74, 6) is 0.819. The fourth-order valence-electron chi connectivity index (χ4n) is 2.37. The number of benzene rings is 1. The Morgan fingerprint density at radius 2 is 1.88 bits per heavy atom. The molecule has 2 aromatic rings. The fraction of sp³-hybridized carbons (Fsp3) is 0.444. The quantitative estimate of drug-likeness (QED) is 0.598. The van der Waals surface area contributed by atoms with Gasteiger partial charge in [0.2, 0.25) is 0 Å². The normalized spacial score (nSPS) is 11.8. The molecule has 0 radical (unpaired) electrons. The second kappa shape index (κ2) is 9.39. The minimum Gasteiger partial charge on any atom is -0.356 e.